The molecule has 2 amide bonds. The molecule has 0 bridgehead atoms. The Bertz CT molecular complexity index is 689. The van der Waals surface area contributed by atoms with Crippen LogP contribution in [0, 0.1) is 0 Å². The number of thioether (sulfide) groups is 1. The smallest absolute Gasteiger partial charge is 0.293 e. The largest absolute Gasteiger partial charge is 0.490 e. The topological polar surface area (TPSA) is 65.1 Å². The van der Waals surface area contributed by atoms with E-state index in [1.807, 2.05) is 32.0 Å². The van der Waals surface area contributed by atoms with Gasteiger partial charge in [0.2, 0.25) is 0 Å². The Morgan fingerprint density at radius 1 is 1.23 bits per heavy atom. The fourth-order valence-corrected chi connectivity index (χ4v) is 3.17. The first kappa shape index (κ1) is 20.3. The summed E-state index contributed by atoms with van der Waals surface area (Å²) in [7, 11) is 1.53. The van der Waals surface area contributed by atoms with Gasteiger partial charge in [-0.2, -0.15) is 0 Å². The molecule has 1 heterocycles. The van der Waals surface area contributed by atoms with Crippen LogP contribution in [0.25, 0.3) is 6.08 Å². The van der Waals surface area contributed by atoms with Crippen molar-refractivity contribution in [2.45, 2.75) is 33.3 Å². The summed E-state index contributed by atoms with van der Waals surface area (Å²) in [5, 5.41) is -0.278. The number of rotatable bonds is 9. The van der Waals surface area contributed by atoms with Gasteiger partial charge in [0.15, 0.2) is 11.5 Å². The molecule has 1 aliphatic heterocycles. The third-order valence-corrected chi connectivity index (χ3v) is 4.77. The maximum absolute atomic E-state index is 12.4. The molecular weight excluding hydrogens is 354 g/mol. The number of methoxy groups -OCH3 is 1. The standard InChI is InChI=1S/C19H25NO5S/c1-5-13(3)25-15-8-7-14(11-16(15)24-6-2)12-17-18(21)20(9-10-23-4)19(22)26-17/h7-8,11-13H,5-6,9-10H2,1-4H3/b17-12+/t13-/m0/s1. The summed E-state index contributed by atoms with van der Waals surface area (Å²) in [6.07, 6.45) is 2.67. The van der Waals surface area contributed by atoms with Gasteiger partial charge >= 0.3 is 0 Å². The second kappa shape index (κ2) is 9.64. The predicted octanol–water partition coefficient (Wildman–Crippen LogP) is 3.95. The zero-order chi connectivity index (χ0) is 19.1. The van der Waals surface area contributed by atoms with E-state index in [1.54, 1.807) is 6.08 Å². The van der Waals surface area contributed by atoms with E-state index in [0.29, 0.717) is 29.6 Å². The molecule has 1 fully saturated rings. The molecular formula is C19H25NO5S. The van der Waals surface area contributed by atoms with Crippen molar-refractivity contribution < 1.29 is 23.8 Å². The highest BCUT2D eigenvalue weighted by Gasteiger charge is 2.34. The van der Waals surface area contributed by atoms with E-state index in [1.165, 1.54) is 12.0 Å². The third-order valence-electron chi connectivity index (χ3n) is 3.86. The summed E-state index contributed by atoms with van der Waals surface area (Å²) in [5.41, 5.74) is 0.780. The van der Waals surface area contributed by atoms with Gasteiger partial charge in [0.05, 0.1) is 30.8 Å². The fourth-order valence-electron chi connectivity index (χ4n) is 2.31. The van der Waals surface area contributed by atoms with Crippen LogP contribution in [-0.2, 0) is 9.53 Å². The maximum Gasteiger partial charge on any atom is 0.293 e. The molecule has 0 aliphatic carbocycles. The van der Waals surface area contributed by atoms with Gasteiger partial charge in [-0.3, -0.25) is 14.5 Å². The highest BCUT2D eigenvalue weighted by Crippen LogP contribution is 2.35. The first-order chi connectivity index (χ1) is 12.5. The second-order valence-electron chi connectivity index (χ2n) is 5.80. The number of benzene rings is 1. The van der Waals surface area contributed by atoms with Crippen molar-refractivity contribution in [3.63, 3.8) is 0 Å². The Kier molecular flexibility index (Phi) is 7.53. The van der Waals surface area contributed by atoms with Gasteiger partial charge < -0.3 is 14.2 Å². The van der Waals surface area contributed by atoms with Crippen molar-refractivity contribution in [2.75, 3.05) is 26.9 Å². The van der Waals surface area contributed by atoms with Crippen molar-refractivity contribution in [1.29, 1.82) is 0 Å². The maximum atomic E-state index is 12.4. The van der Waals surface area contributed by atoms with Crippen molar-refractivity contribution in [1.82, 2.24) is 4.90 Å². The van der Waals surface area contributed by atoms with Crippen LogP contribution < -0.4 is 9.47 Å². The van der Waals surface area contributed by atoms with E-state index in [-0.39, 0.29) is 23.8 Å². The number of imide groups is 1. The number of nitrogens with zero attached hydrogens (tertiary/aromatic N) is 1. The molecule has 1 aromatic rings. The van der Waals surface area contributed by atoms with Crippen LogP contribution in [0.1, 0.15) is 32.8 Å². The lowest BCUT2D eigenvalue weighted by Crippen LogP contribution is -2.31. The summed E-state index contributed by atoms with van der Waals surface area (Å²) in [4.78, 5) is 26.0. The Hall–Kier alpha value is -1.99. The molecule has 6 nitrogen and oxygen atoms in total. The minimum atomic E-state index is -0.296. The van der Waals surface area contributed by atoms with Crippen LogP contribution in [0.4, 0.5) is 4.79 Å². The van der Waals surface area contributed by atoms with E-state index in [0.717, 1.165) is 23.7 Å². The lowest BCUT2D eigenvalue weighted by molar-refractivity contribution is -0.123. The molecule has 0 N–H and O–H groups in total. The number of hydrogen-bond acceptors (Lipinski definition) is 6. The first-order valence-corrected chi connectivity index (χ1v) is 9.49. The van der Waals surface area contributed by atoms with E-state index in [9.17, 15) is 9.59 Å². The van der Waals surface area contributed by atoms with Gasteiger partial charge in [0.25, 0.3) is 11.1 Å². The first-order valence-electron chi connectivity index (χ1n) is 8.67. The Labute approximate surface area is 158 Å². The number of ether oxygens (including phenoxy) is 3. The monoisotopic (exact) mass is 379 g/mol. The molecule has 0 spiro atoms. The van der Waals surface area contributed by atoms with Gasteiger partial charge in [0, 0.05) is 7.11 Å². The predicted molar refractivity (Wildman–Crippen MR) is 103 cm³/mol. The Morgan fingerprint density at radius 2 is 2.00 bits per heavy atom. The number of hydrogen-bond donors (Lipinski definition) is 0. The normalized spacial score (nSPS) is 17.1. The molecule has 1 saturated heterocycles. The molecule has 0 unspecified atom stereocenters. The fraction of sp³-hybridized carbons (Fsp3) is 0.474. The molecule has 0 radical (unpaired) electrons. The summed E-state index contributed by atoms with van der Waals surface area (Å²) in [6, 6.07) is 5.51. The number of carbonyl (C=O) groups excluding carboxylic acids is 2. The van der Waals surface area contributed by atoms with Crippen molar-refractivity contribution in [3.8, 4) is 11.5 Å². The molecule has 1 atom stereocenters. The SMILES string of the molecule is CCOc1cc(/C=C2/SC(=O)N(CCOC)C2=O)ccc1O[C@@H](C)CC. The summed E-state index contributed by atoms with van der Waals surface area (Å²) in [6.45, 7) is 7.04. The lowest BCUT2D eigenvalue weighted by Gasteiger charge is -2.16. The van der Waals surface area contributed by atoms with Crippen molar-refractivity contribution >= 4 is 29.0 Å². The summed E-state index contributed by atoms with van der Waals surface area (Å²) < 4.78 is 16.5. The number of carbonyl (C=O) groups is 2. The van der Waals surface area contributed by atoms with E-state index >= 15 is 0 Å². The highest BCUT2D eigenvalue weighted by atomic mass is 32.2. The van der Waals surface area contributed by atoms with Crippen LogP contribution >= 0.6 is 11.8 Å². The molecule has 1 aromatic carbocycles. The van der Waals surface area contributed by atoms with Gasteiger partial charge in [-0.25, -0.2) is 0 Å². The van der Waals surface area contributed by atoms with Crippen molar-refractivity contribution in [3.05, 3.63) is 28.7 Å². The van der Waals surface area contributed by atoms with Crippen LogP contribution in [0.5, 0.6) is 11.5 Å². The summed E-state index contributed by atoms with van der Waals surface area (Å²) >= 11 is 0.936. The van der Waals surface area contributed by atoms with Gasteiger partial charge in [0.1, 0.15) is 0 Å². The lowest BCUT2D eigenvalue weighted by atomic mass is 10.1. The van der Waals surface area contributed by atoms with E-state index < -0.39 is 0 Å². The molecule has 2 rings (SSSR count). The Balaban J connectivity index is 2.23. The second-order valence-corrected chi connectivity index (χ2v) is 6.80. The van der Waals surface area contributed by atoms with Crippen molar-refractivity contribution in [2.24, 2.45) is 0 Å². The molecule has 1 aliphatic rings. The number of amides is 2. The Morgan fingerprint density at radius 3 is 2.65 bits per heavy atom. The zero-order valence-corrected chi connectivity index (χ0v) is 16.4. The molecule has 0 aromatic heterocycles. The van der Waals surface area contributed by atoms with Gasteiger partial charge in [-0.15, -0.1) is 0 Å². The quantitative estimate of drug-likeness (QED) is 0.606. The summed E-state index contributed by atoms with van der Waals surface area (Å²) in [5.74, 6) is 1.00. The molecule has 142 valence electrons. The average Bonchev–Trinajstić information content (AvgIpc) is 2.88. The van der Waals surface area contributed by atoms with Crippen LogP contribution in [0.15, 0.2) is 23.1 Å². The van der Waals surface area contributed by atoms with Gasteiger partial charge in [-0.05, 0) is 55.8 Å². The minimum absolute atomic E-state index is 0.0809. The zero-order valence-electron chi connectivity index (χ0n) is 15.6. The molecule has 26 heavy (non-hydrogen) atoms. The van der Waals surface area contributed by atoms with Crippen LogP contribution in [-0.4, -0.2) is 49.0 Å². The van der Waals surface area contributed by atoms with Crippen LogP contribution in [0.2, 0.25) is 0 Å². The van der Waals surface area contributed by atoms with Crippen LogP contribution in [0.3, 0.4) is 0 Å². The third kappa shape index (κ3) is 5.02. The highest BCUT2D eigenvalue weighted by molar-refractivity contribution is 8.18. The average molecular weight is 379 g/mol. The van der Waals surface area contributed by atoms with E-state index in [4.69, 9.17) is 14.2 Å². The minimum Gasteiger partial charge on any atom is -0.490 e. The van der Waals surface area contributed by atoms with E-state index in [2.05, 4.69) is 6.92 Å². The molecule has 7 heteroatoms. The van der Waals surface area contributed by atoms with Gasteiger partial charge in [-0.1, -0.05) is 13.0 Å². The molecule has 0 saturated carbocycles.